The molecule has 9 heteroatoms. The number of anilines is 1. The Labute approximate surface area is 204 Å². The van der Waals surface area contributed by atoms with Crippen LogP contribution < -0.4 is 19.1 Å². The third kappa shape index (κ3) is 6.10. The first-order valence-electron chi connectivity index (χ1n) is 11.3. The lowest BCUT2D eigenvalue weighted by Gasteiger charge is -2.25. The molecule has 35 heavy (non-hydrogen) atoms. The zero-order valence-corrected chi connectivity index (χ0v) is 20.2. The molecule has 7 nitrogen and oxygen atoms in total. The van der Waals surface area contributed by atoms with E-state index in [4.69, 9.17) is 9.47 Å². The van der Waals surface area contributed by atoms with E-state index in [-0.39, 0.29) is 10.6 Å². The lowest BCUT2D eigenvalue weighted by atomic mass is 10.1. The van der Waals surface area contributed by atoms with Crippen LogP contribution in [0.5, 0.6) is 11.5 Å². The molecule has 1 N–H and O–H groups in total. The van der Waals surface area contributed by atoms with Gasteiger partial charge in [0.2, 0.25) is 5.91 Å². The number of sulfonamides is 1. The highest BCUT2D eigenvalue weighted by Crippen LogP contribution is 2.34. The molecule has 0 fully saturated rings. The minimum Gasteiger partial charge on any atom is -0.486 e. The second-order valence-corrected chi connectivity index (χ2v) is 10.1. The standard InChI is InChI=1S/C26H27FN2O5S/c1-19-5-2-6-20(15-19)7-4-12-28-26(30)18-29(22-9-3-8-21(27)16-22)35(31,32)23-10-11-24-25(17-23)34-14-13-33-24/h2-3,5-6,8-11,15-17H,4,7,12-14,18H2,1H3,(H,28,30). The van der Waals surface area contributed by atoms with E-state index in [2.05, 4.69) is 11.4 Å². The van der Waals surface area contributed by atoms with Gasteiger partial charge in [-0.15, -0.1) is 0 Å². The summed E-state index contributed by atoms with van der Waals surface area (Å²) in [5.74, 6) is -0.348. The molecule has 0 aliphatic carbocycles. The summed E-state index contributed by atoms with van der Waals surface area (Å²) in [6.07, 6.45) is 1.48. The quantitative estimate of drug-likeness (QED) is 0.453. The maximum atomic E-state index is 14.0. The maximum absolute atomic E-state index is 14.0. The highest BCUT2D eigenvalue weighted by molar-refractivity contribution is 7.92. The minimum absolute atomic E-state index is 0.0507. The SMILES string of the molecule is Cc1cccc(CCCNC(=O)CN(c2cccc(F)c2)S(=O)(=O)c2ccc3c(c2)OCCO3)c1. The van der Waals surface area contributed by atoms with E-state index >= 15 is 0 Å². The number of hydrogen-bond donors (Lipinski definition) is 1. The number of carbonyl (C=O) groups is 1. The molecule has 1 heterocycles. The number of halogens is 1. The molecule has 0 bridgehead atoms. The number of hydrogen-bond acceptors (Lipinski definition) is 5. The van der Waals surface area contributed by atoms with E-state index < -0.39 is 28.3 Å². The number of nitrogens with zero attached hydrogens (tertiary/aromatic N) is 1. The predicted octanol–water partition coefficient (Wildman–Crippen LogP) is 3.85. The number of benzene rings is 3. The first-order chi connectivity index (χ1) is 16.8. The Balaban J connectivity index is 1.49. The van der Waals surface area contributed by atoms with Crippen LogP contribution in [0.1, 0.15) is 17.5 Å². The van der Waals surface area contributed by atoms with Gasteiger partial charge in [-0.25, -0.2) is 12.8 Å². The van der Waals surface area contributed by atoms with Crippen molar-refractivity contribution in [1.29, 1.82) is 0 Å². The summed E-state index contributed by atoms with van der Waals surface area (Å²) in [7, 11) is -4.21. The molecule has 184 valence electrons. The summed E-state index contributed by atoms with van der Waals surface area (Å²) < 4.78 is 52.9. The molecule has 1 aliphatic heterocycles. The molecule has 0 saturated carbocycles. The van der Waals surface area contributed by atoms with Gasteiger partial charge in [-0.05, 0) is 55.7 Å². The average Bonchev–Trinajstić information content (AvgIpc) is 2.85. The highest BCUT2D eigenvalue weighted by Gasteiger charge is 2.29. The summed E-state index contributed by atoms with van der Waals surface area (Å²) >= 11 is 0. The van der Waals surface area contributed by atoms with E-state index in [1.54, 1.807) is 0 Å². The lowest BCUT2D eigenvalue weighted by molar-refractivity contribution is -0.119. The Bertz CT molecular complexity index is 1310. The van der Waals surface area contributed by atoms with Crippen molar-refractivity contribution in [3.05, 3.63) is 83.7 Å². The number of ether oxygens (including phenoxy) is 2. The number of aryl methyl sites for hydroxylation is 2. The Morgan fingerprint density at radius 3 is 2.54 bits per heavy atom. The van der Waals surface area contributed by atoms with E-state index in [0.29, 0.717) is 37.7 Å². The lowest BCUT2D eigenvalue weighted by Crippen LogP contribution is -2.41. The van der Waals surface area contributed by atoms with Crippen LogP contribution in [-0.2, 0) is 21.2 Å². The zero-order chi connectivity index (χ0) is 24.8. The van der Waals surface area contributed by atoms with Gasteiger partial charge in [-0.3, -0.25) is 9.10 Å². The van der Waals surface area contributed by atoms with Gasteiger partial charge in [0, 0.05) is 12.6 Å². The smallest absolute Gasteiger partial charge is 0.264 e. The first-order valence-corrected chi connectivity index (χ1v) is 12.8. The minimum atomic E-state index is -4.21. The summed E-state index contributed by atoms with van der Waals surface area (Å²) in [5, 5.41) is 2.77. The topological polar surface area (TPSA) is 84.9 Å². The summed E-state index contributed by atoms with van der Waals surface area (Å²) in [6.45, 7) is 2.58. The molecule has 1 aliphatic rings. The molecule has 0 radical (unpaired) electrons. The van der Waals surface area contributed by atoms with Crippen molar-refractivity contribution in [1.82, 2.24) is 5.32 Å². The van der Waals surface area contributed by atoms with Crippen molar-refractivity contribution in [3.63, 3.8) is 0 Å². The van der Waals surface area contributed by atoms with E-state index in [0.717, 1.165) is 16.8 Å². The van der Waals surface area contributed by atoms with Gasteiger partial charge >= 0.3 is 0 Å². The van der Waals surface area contributed by atoms with Crippen molar-refractivity contribution in [2.45, 2.75) is 24.7 Å². The Hall–Kier alpha value is -3.59. The van der Waals surface area contributed by atoms with Crippen LogP contribution >= 0.6 is 0 Å². The van der Waals surface area contributed by atoms with Crippen molar-refractivity contribution < 1.29 is 27.1 Å². The van der Waals surface area contributed by atoms with Crippen LogP contribution in [0.15, 0.2) is 71.6 Å². The third-order valence-electron chi connectivity index (χ3n) is 5.53. The number of carbonyl (C=O) groups excluding carboxylic acids is 1. The van der Waals surface area contributed by atoms with E-state index in [1.165, 1.54) is 47.5 Å². The monoisotopic (exact) mass is 498 g/mol. The number of fused-ring (bicyclic) bond motifs is 1. The van der Waals surface area contributed by atoms with Crippen molar-refractivity contribution >= 4 is 21.6 Å². The molecular formula is C26H27FN2O5S. The molecule has 0 atom stereocenters. The third-order valence-corrected chi connectivity index (χ3v) is 7.30. The molecule has 0 saturated heterocycles. The van der Waals surface area contributed by atoms with Gasteiger partial charge in [-0.2, -0.15) is 0 Å². The van der Waals surface area contributed by atoms with Crippen molar-refractivity contribution in [2.75, 3.05) is 30.6 Å². The largest absolute Gasteiger partial charge is 0.486 e. The van der Waals surface area contributed by atoms with Gasteiger partial charge in [0.25, 0.3) is 10.0 Å². The number of nitrogens with one attached hydrogen (secondary N) is 1. The highest BCUT2D eigenvalue weighted by atomic mass is 32.2. The predicted molar refractivity (Wildman–Crippen MR) is 131 cm³/mol. The van der Waals surface area contributed by atoms with Gasteiger partial charge in [0.1, 0.15) is 25.6 Å². The molecular weight excluding hydrogens is 471 g/mol. The Morgan fingerprint density at radius 2 is 1.77 bits per heavy atom. The van der Waals surface area contributed by atoms with Crippen LogP contribution in [0.3, 0.4) is 0 Å². The van der Waals surface area contributed by atoms with Crippen LogP contribution in [0.25, 0.3) is 0 Å². The van der Waals surface area contributed by atoms with Crippen LogP contribution in [0, 0.1) is 12.7 Å². The van der Waals surface area contributed by atoms with E-state index in [9.17, 15) is 17.6 Å². The van der Waals surface area contributed by atoms with E-state index in [1.807, 2.05) is 25.1 Å². The van der Waals surface area contributed by atoms with Gasteiger partial charge < -0.3 is 14.8 Å². The van der Waals surface area contributed by atoms with Crippen molar-refractivity contribution in [2.24, 2.45) is 0 Å². The van der Waals surface area contributed by atoms with Crippen molar-refractivity contribution in [3.8, 4) is 11.5 Å². The summed E-state index contributed by atoms with van der Waals surface area (Å²) in [6, 6.07) is 17.5. The molecule has 1 amide bonds. The fourth-order valence-electron chi connectivity index (χ4n) is 3.83. The fourth-order valence-corrected chi connectivity index (χ4v) is 5.26. The molecule has 0 spiro atoms. The summed E-state index contributed by atoms with van der Waals surface area (Å²) in [4.78, 5) is 12.6. The molecule has 3 aromatic carbocycles. The average molecular weight is 499 g/mol. The van der Waals surface area contributed by atoms with Gasteiger partial charge in [0.15, 0.2) is 11.5 Å². The van der Waals surface area contributed by atoms with Gasteiger partial charge in [0.05, 0.1) is 10.6 Å². The van der Waals surface area contributed by atoms with Crippen LogP contribution in [0.2, 0.25) is 0 Å². The summed E-state index contributed by atoms with van der Waals surface area (Å²) in [5.41, 5.74) is 2.39. The molecule has 0 unspecified atom stereocenters. The van der Waals surface area contributed by atoms with Crippen LogP contribution in [0.4, 0.5) is 10.1 Å². The normalized spacial score (nSPS) is 12.7. The molecule has 3 aromatic rings. The second-order valence-electron chi connectivity index (χ2n) is 8.24. The molecule has 0 aromatic heterocycles. The van der Waals surface area contributed by atoms with Gasteiger partial charge in [-0.1, -0.05) is 35.9 Å². The number of rotatable bonds is 9. The second kappa shape index (κ2) is 10.8. The fraction of sp³-hybridized carbons (Fsp3) is 0.269. The Morgan fingerprint density at radius 1 is 1.00 bits per heavy atom. The Kier molecular flexibility index (Phi) is 7.55. The number of amides is 1. The first kappa shape index (κ1) is 24.5. The van der Waals surface area contributed by atoms with Crippen LogP contribution in [-0.4, -0.2) is 40.6 Å². The maximum Gasteiger partial charge on any atom is 0.264 e. The molecule has 4 rings (SSSR count). The zero-order valence-electron chi connectivity index (χ0n) is 19.4.